The summed E-state index contributed by atoms with van der Waals surface area (Å²) in [6, 6.07) is 68.8. The van der Waals surface area contributed by atoms with E-state index >= 15 is 0 Å². The average Bonchev–Trinajstić information content (AvgIpc) is 3.54. The summed E-state index contributed by atoms with van der Waals surface area (Å²) in [4.78, 5) is 5.01. The van der Waals surface area contributed by atoms with Crippen LogP contribution in [0.3, 0.4) is 0 Å². The fourth-order valence-corrected chi connectivity index (χ4v) is 9.86. The van der Waals surface area contributed by atoms with E-state index in [2.05, 4.69) is 193 Å². The maximum absolute atomic E-state index is 2.45. The first-order valence-corrected chi connectivity index (χ1v) is 18.9. The van der Waals surface area contributed by atoms with Crippen LogP contribution in [0.1, 0.15) is 0 Å². The van der Waals surface area contributed by atoms with Gasteiger partial charge in [-0.1, -0.05) is 157 Å². The summed E-state index contributed by atoms with van der Waals surface area (Å²) in [5.41, 5.74) is 13.5. The molecule has 1 aliphatic heterocycles. The lowest BCUT2D eigenvalue weighted by atomic mass is 9.91. The van der Waals surface area contributed by atoms with E-state index in [1.54, 1.807) is 0 Å². The lowest BCUT2D eigenvalue weighted by Crippen LogP contribution is -1.95. The van der Waals surface area contributed by atoms with Crippen molar-refractivity contribution < 1.29 is 0 Å². The molecule has 0 amide bonds. The van der Waals surface area contributed by atoms with E-state index in [1.807, 2.05) is 23.5 Å². The summed E-state index contributed by atoms with van der Waals surface area (Å²) >= 11 is 3.74. The fourth-order valence-electron chi connectivity index (χ4n) is 7.64. The third-order valence-corrected chi connectivity index (χ3v) is 12.2. The summed E-state index contributed by atoms with van der Waals surface area (Å²) in [5.74, 6) is 0. The summed E-state index contributed by atoms with van der Waals surface area (Å²) in [7, 11) is 0. The molecule has 51 heavy (non-hydrogen) atoms. The molecule has 0 unspecified atom stereocenters. The minimum absolute atomic E-state index is 1.17. The molecule has 0 N–H and O–H groups in total. The van der Waals surface area contributed by atoms with Gasteiger partial charge >= 0.3 is 0 Å². The summed E-state index contributed by atoms with van der Waals surface area (Å²) in [6.07, 6.45) is 0. The van der Waals surface area contributed by atoms with Gasteiger partial charge in [-0.15, -0.1) is 0 Å². The van der Waals surface area contributed by atoms with E-state index in [-0.39, 0.29) is 0 Å². The topological polar surface area (TPSA) is 4.93 Å². The second-order valence-corrected chi connectivity index (χ2v) is 15.0. The van der Waals surface area contributed by atoms with Crippen molar-refractivity contribution in [3.05, 3.63) is 188 Å². The van der Waals surface area contributed by atoms with Gasteiger partial charge in [0.15, 0.2) is 0 Å². The van der Waals surface area contributed by atoms with E-state index in [4.69, 9.17) is 0 Å². The van der Waals surface area contributed by atoms with Gasteiger partial charge in [0.2, 0.25) is 0 Å². The van der Waals surface area contributed by atoms with Crippen molar-refractivity contribution in [2.45, 2.75) is 19.6 Å². The Labute approximate surface area is 306 Å². The zero-order valence-corrected chi connectivity index (χ0v) is 29.3. The number of rotatable bonds is 3. The van der Waals surface area contributed by atoms with Gasteiger partial charge < -0.3 is 4.57 Å². The first-order valence-electron chi connectivity index (χ1n) is 17.3. The van der Waals surface area contributed by atoms with Crippen LogP contribution in [-0.4, -0.2) is 4.57 Å². The van der Waals surface area contributed by atoms with E-state index in [0.717, 1.165) is 0 Å². The molecule has 3 heteroatoms. The molecule has 0 atom stereocenters. The number of fused-ring (bicyclic) bond motifs is 9. The molecule has 0 saturated carbocycles. The Balaban J connectivity index is 1.27. The largest absolute Gasteiger partial charge is 0.309 e. The van der Waals surface area contributed by atoms with Gasteiger partial charge in [-0.2, -0.15) is 0 Å². The van der Waals surface area contributed by atoms with Crippen LogP contribution in [0.15, 0.2) is 208 Å². The molecule has 8 aromatic carbocycles. The Morgan fingerprint density at radius 3 is 1.67 bits per heavy atom. The van der Waals surface area contributed by atoms with Gasteiger partial charge in [-0.3, -0.25) is 0 Å². The number of aromatic nitrogens is 1. The van der Waals surface area contributed by atoms with E-state index < -0.39 is 0 Å². The van der Waals surface area contributed by atoms with Gasteiger partial charge in [0, 0.05) is 41.6 Å². The van der Waals surface area contributed by atoms with Crippen LogP contribution in [-0.2, 0) is 0 Å². The molecule has 9 aromatic rings. The van der Waals surface area contributed by atoms with Gasteiger partial charge in [0.05, 0.1) is 11.0 Å². The van der Waals surface area contributed by atoms with Crippen molar-refractivity contribution in [1.82, 2.24) is 4.57 Å². The van der Waals surface area contributed by atoms with Gasteiger partial charge in [0.1, 0.15) is 0 Å². The van der Waals surface area contributed by atoms with Crippen molar-refractivity contribution in [2.75, 3.05) is 0 Å². The van der Waals surface area contributed by atoms with Crippen LogP contribution in [0.5, 0.6) is 0 Å². The first kappa shape index (κ1) is 30.1. The molecule has 240 valence electrons. The SMILES string of the molecule is c1ccc(-c2cccc3c2-c2cc(-c4cccc5c4c4ccccc4n5-c4ccccc4)ccc2Sc2ccccc2-c2ccccc2S3)cc1. The lowest BCUT2D eigenvalue weighted by Gasteiger charge is -2.23. The molecule has 1 aromatic heterocycles. The van der Waals surface area contributed by atoms with Crippen LogP contribution >= 0.6 is 23.5 Å². The highest BCUT2D eigenvalue weighted by Gasteiger charge is 2.23. The minimum Gasteiger partial charge on any atom is -0.309 e. The van der Waals surface area contributed by atoms with Crippen molar-refractivity contribution >= 4 is 45.3 Å². The lowest BCUT2D eigenvalue weighted by molar-refractivity contribution is 1.18. The molecule has 0 bridgehead atoms. The van der Waals surface area contributed by atoms with Crippen molar-refractivity contribution in [3.8, 4) is 50.2 Å². The summed E-state index contributed by atoms with van der Waals surface area (Å²) in [5, 5.41) is 2.53. The van der Waals surface area contributed by atoms with Crippen LogP contribution in [0.25, 0.3) is 72.0 Å². The standard InChI is InChI=1S/C48H31NS2/c1-3-15-32(16-4-1)35-23-14-28-46-48(35)40-31-33(29-30-45(40)50-43-26-11-8-19-37(43)38-20-9-12-27-44(38)51-46)36-22-13-25-42-47(36)39-21-7-10-24-41(39)49(42)34-17-5-2-6-18-34/h1-31H. The maximum atomic E-state index is 2.45. The van der Waals surface area contributed by atoms with Crippen molar-refractivity contribution in [3.63, 3.8) is 0 Å². The number of hydrogen-bond acceptors (Lipinski definition) is 2. The monoisotopic (exact) mass is 685 g/mol. The highest BCUT2D eigenvalue weighted by molar-refractivity contribution is 8.00. The normalized spacial score (nSPS) is 12.2. The molecule has 10 rings (SSSR count). The number of para-hydroxylation sites is 2. The van der Waals surface area contributed by atoms with Crippen LogP contribution in [0.4, 0.5) is 0 Å². The summed E-state index contributed by atoms with van der Waals surface area (Å²) in [6.45, 7) is 0. The average molecular weight is 686 g/mol. The van der Waals surface area contributed by atoms with Crippen molar-refractivity contribution in [1.29, 1.82) is 0 Å². The predicted molar refractivity (Wildman–Crippen MR) is 217 cm³/mol. The molecule has 2 heterocycles. The molecule has 0 aliphatic carbocycles. The Bertz CT molecular complexity index is 2740. The quantitative estimate of drug-likeness (QED) is 0.182. The third-order valence-electron chi connectivity index (χ3n) is 9.89. The third kappa shape index (κ3) is 5.12. The van der Waals surface area contributed by atoms with Crippen LogP contribution in [0.2, 0.25) is 0 Å². The van der Waals surface area contributed by atoms with Gasteiger partial charge in [-0.05, 0) is 93.5 Å². The Kier molecular flexibility index (Phi) is 7.41. The Morgan fingerprint density at radius 2 is 0.882 bits per heavy atom. The highest BCUT2D eigenvalue weighted by Crippen LogP contribution is 2.52. The van der Waals surface area contributed by atoms with E-state index in [1.165, 1.54) is 91.6 Å². The second kappa shape index (κ2) is 12.5. The molecular formula is C48H31NS2. The fraction of sp³-hybridized carbons (Fsp3) is 0. The Hall–Kier alpha value is -5.74. The molecular weight excluding hydrogens is 655 g/mol. The Morgan fingerprint density at radius 1 is 0.333 bits per heavy atom. The molecule has 1 aliphatic rings. The second-order valence-electron chi connectivity index (χ2n) is 12.8. The summed E-state index contributed by atoms with van der Waals surface area (Å²) < 4.78 is 2.40. The van der Waals surface area contributed by atoms with E-state index in [9.17, 15) is 0 Å². The zero-order chi connectivity index (χ0) is 33.7. The number of hydrogen-bond donors (Lipinski definition) is 0. The smallest absolute Gasteiger partial charge is 0.0547 e. The predicted octanol–water partition coefficient (Wildman–Crippen LogP) is 14.1. The molecule has 0 radical (unpaired) electrons. The van der Waals surface area contributed by atoms with Crippen molar-refractivity contribution in [2.24, 2.45) is 0 Å². The maximum Gasteiger partial charge on any atom is 0.0547 e. The highest BCUT2D eigenvalue weighted by atomic mass is 32.2. The molecule has 0 spiro atoms. The first-order chi connectivity index (χ1) is 25.3. The van der Waals surface area contributed by atoms with Gasteiger partial charge in [-0.25, -0.2) is 0 Å². The number of benzene rings is 8. The molecule has 0 fully saturated rings. The number of nitrogens with zero attached hydrogens (tertiary/aromatic N) is 1. The van der Waals surface area contributed by atoms with E-state index in [0.29, 0.717) is 0 Å². The molecule has 1 nitrogen and oxygen atoms in total. The zero-order valence-electron chi connectivity index (χ0n) is 27.7. The van der Waals surface area contributed by atoms with Crippen LogP contribution < -0.4 is 0 Å². The minimum atomic E-state index is 1.17. The molecule has 0 saturated heterocycles. The van der Waals surface area contributed by atoms with Gasteiger partial charge in [0.25, 0.3) is 0 Å². The van der Waals surface area contributed by atoms with Crippen LogP contribution in [0, 0.1) is 0 Å².